The molecule has 162 valence electrons. The van der Waals surface area contributed by atoms with Crippen molar-refractivity contribution in [2.75, 3.05) is 23.0 Å². The second kappa shape index (κ2) is 10.4. The molecular weight excluding hydrogens is 545 g/mol. The lowest BCUT2D eigenvalue weighted by molar-refractivity contribution is 1.56. The highest BCUT2D eigenvalue weighted by Gasteiger charge is 2.33. The van der Waals surface area contributed by atoms with E-state index in [0.717, 1.165) is 0 Å². The van der Waals surface area contributed by atoms with Gasteiger partial charge in [0.25, 0.3) is 0 Å². The fraction of sp³-hybridized carbons (Fsp3) is 0.167. The van der Waals surface area contributed by atoms with Gasteiger partial charge in [-0.2, -0.15) is 0 Å². The molecule has 2 aromatic rings. The van der Waals surface area contributed by atoms with E-state index in [0.29, 0.717) is 0 Å². The average Bonchev–Trinajstić information content (AvgIpc) is 3.47. The quantitative estimate of drug-likeness (QED) is 0.358. The Morgan fingerprint density at radius 2 is 0.750 bits per heavy atom. The smallest absolute Gasteiger partial charge is 0.0660 e. The van der Waals surface area contributed by atoms with Crippen LogP contribution in [0.5, 0.6) is 0 Å². The molecule has 0 fully saturated rings. The van der Waals surface area contributed by atoms with Gasteiger partial charge in [0.15, 0.2) is 0 Å². The van der Waals surface area contributed by atoms with E-state index in [1.54, 1.807) is 0 Å². The van der Waals surface area contributed by atoms with Crippen LogP contribution in [0, 0.1) is 0 Å². The van der Waals surface area contributed by atoms with E-state index in [1.165, 1.54) is 70.7 Å². The summed E-state index contributed by atoms with van der Waals surface area (Å²) in [7, 11) is 0. The van der Waals surface area contributed by atoms with Crippen molar-refractivity contribution in [1.29, 1.82) is 0 Å². The minimum Gasteiger partial charge on any atom is -0.116 e. The summed E-state index contributed by atoms with van der Waals surface area (Å²) in [6.45, 7) is 0. The molecule has 0 spiro atoms. The Labute approximate surface area is 223 Å². The Morgan fingerprint density at radius 1 is 0.438 bits per heavy atom. The third-order valence-corrected chi connectivity index (χ3v) is 16.5. The molecular formula is C24H18S8. The van der Waals surface area contributed by atoms with Gasteiger partial charge in [-0.25, -0.2) is 0 Å². The van der Waals surface area contributed by atoms with Crippen molar-refractivity contribution in [2.45, 2.75) is 0 Å². The number of thioether (sulfide) groups is 8. The van der Waals surface area contributed by atoms with Gasteiger partial charge >= 0.3 is 0 Å². The molecule has 6 rings (SSSR count). The maximum atomic E-state index is 2.28. The van der Waals surface area contributed by atoms with Gasteiger partial charge in [0, 0.05) is 34.2 Å². The molecule has 0 aromatic heterocycles. The van der Waals surface area contributed by atoms with Crippen molar-refractivity contribution in [3.05, 3.63) is 97.2 Å². The van der Waals surface area contributed by atoms with Gasteiger partial charge in [-0.15, -0.1) is 47.0 Å². The summed E-state index contributed by atoms with van der Waals surface area (Å²) in [6, 6.07) is 22.1. The van der Waals surface area contributed by atoms with E-state index in [4.69, 9.17) is 0 Å². The molecule has 8 heteroatoms. The van der Waals surface area contributed by atoms with Crippen molar-refractivity contribution < 1.29 is 0 Å². The Kier molecular flexibility index (Phi) is 7.39. The van der Waals surface area contributed by atoms with Crippen molar-refractivity contribution in [2.24, 2.45) is 0 Å². The zero-order chi connectivity index (χ0) is 21.3. The molecule has 32 heavy (non-hydrogen) atoms. The SMILES string of the molecule is c1ccc(C(=C2SC3=C(SCCS3)S2)C(=C2SC3=C(SCCS3)S2)c2ccccc2)cc1. The molecule has 0 radical (unpaired) electrons. The summed E-state index contributed by atoms with van der Waals surface area (Å²) < 4.78 is 8.87. The summed E-state index contributed by atoms with van der Waals surface area (Å²) in [6.07, 6.45) is 0. The summed E-state index contributed by atoms with van der Waals surface area (Å²) in [4.78, 5) is 0. The van der Waals surface area contributed by atoms with Gasteiger partial charge in [-0.1, -0.05) is 108 Å². The van der Waals surface area contributed by atoms with Crippen LogP contribution >= 0.6 is 94.1 Å². The molecule has 4 aliphatic heterocycles. The van der Waals surface area contributed by atoms with Crippen LogP contribution in [0.15, 0.2) is 86.1 Å². The van der Waals surface area contributed by atoms with E-state index in [2.05, 4.69) is 60.7 Å². The van der Waals surface area contributed by atoms with E-state index >= 15 is 0 Å². The standard InChI is InChI=1S/C24H18S8/c1-3-7-15(8-4-1)17(19-29-21-22(30-19)26-12-11-25-21)18(16-9-5-2-6-10-16)20-31-23-24(32-20)28-14-13-27-23/h1-10H,11-14H2. The number of rotatable bonds is 3. The summed E-state index contributed by atoms with van der Waals surface area (Å²) in [5, 5.41) is 0. The lowest BCUT2D eigenvalue weighted by atomic mass is 9.95. The Morgan fingerprint density at radius 3 is 1.06 bits per heavy atom. The van der Waals surface area contributed by atoms with Crippen LogP contribution in [0.25, 0.3) is 11.1 Å². The number of benzene rings is 2. The molecule has 0 bridgehead atoms. The maximum absolute atomic E-state index is 2.28. The molecule has 0 unspecified atom stereocenters. The Balaban J connectivity index is 1.53. The van der Waals surface area contributed by atoms with Crippen LogP contribution < -0.4 is 0 Å². The average molecular weight is 563 g/mol. The summed E-state index contributed by atoms with van der Waals surface area (Å²) >= 11 is 16.1. The zero-order valence-corrected chi connectivity index (χ0v) is 23.4. The lowest BCUT2D eigenvalue weighted by Crippen LogP contribution is -1.94. The molecule has 0 nitrogen and oxygen atoms in total. The third kappa shape index (κ3) is 4.68. The van der Waals surface area contributed by atoms with Crippen molar-refractivity contribution in [1.82, 2.24) is 0 Å². The van der Waals surface area contributed by atoms with Crippen LogP contribution in [-0.4, -0.2) is 23.0 Å². The molecule has 0 amide bonds. The minimum atomic E-state index is 1.22. The Bertz CT molecular complexity index is 1030. The van der Waals surface area contributed by atoms with Gasteiger partial charge < -0.3 is 0 Å². The van der Waals surface area contributed by atoms with Crippen molar-refractivity contribution in [3.63, 3.8) is 0 Å². The number of hydrogen-bond acceptors (Lipinski definition) is 8. The minimum absolute atomic E-state index is 1.22. The molecule has 0 saturated carbocycles. The third-order valence-electron chi connectivity index (χ3n) is 4.96. The first-order valence-corrected chi connectivity index (χ1v) is 17.4. The highest BCUT2D eigenvalue weighted by Crippen LogP contribution is 2.65. The van der Waals surface area contributed by atoms with Gasteiger partial charge in [0.2, 0.25) is 0 Å². The van der Waals surface area contributed by atoms with Crippen LogP contribution in [0.4, 0.5) is 0 Å². The van der Waals surface area contributed by atoms with E-state index in [-0.39, 0.29) is 0 Å². The monoisotopic (exact) mass is 562 g/mol. The number of allylic oxidation sites excluding steroid dienone is 2. The van der Waals surface area contributed by atoms with Gasteiger partial charge in [-0.3, -0.25) is 0 Å². The zero-order valence-electron chi connectivity index (χ0n) is 16.9. The Hall–Kier alpha value is 0.200. The molecule has 0 aliphatic carbocycles. The molecule has 0 saturated heterocycles. The summed E-state index contributed by atoms with van der Waals surface area (Å²) in [5.41, 5.74) is 5.42. The number of hydrogen-bond donors (Lipinski definition) is 0. The molecule has 4 aliphatic rings. The van der Waals surface area contributed by atoms with Crippen LogP contribution in [0.3, 0.4) is 0 Å². The van der Waals surface area contributed by atoms with Gasteiger partial charge in [0.1, 0.15) is 0 Å². The molecule has 2 aromatic carbocycles. The second-order valence-corrected chi connectivity index (χ2v) is 17.1. The van der Waals surface area contributed by atoms with Crippen molar-refractivity contribution in [3.8, 4) is 0 Å². The first-order valence-electron chi connectivity index (χ1n) is 10.2. The van der Waals surface area contributed by atoms with Gasteiger partial charge in [0.05, 0.1) is 25.4 Å². The van der Waals surface area contributed by atoms with Crippen LogP contribution in [0.1, 0.15) is 11.1 Å². The fourth-order valence-electron chi connectivity index (χ4n) is 3.58. The second-order valence-electron chi connectivity index (χ2n) is 7.01. The molecule has 4 heterocycles. The van der Waals surface area contributed by atoms with E-state index in [1.807, 2.05) is 94.1 Å². The highest BCUT2D eigenvalue weighted by molar-refractivity contribution is 8.42. The first-order chi connectivity index (χ1) is 15.9. The van der Waals surface area contributed by atoms with E-state index in [9.17, 15) is 0 Å². The van der Waals surface area contributed by atoms with Crippen LogP contribution in [0.2, 0.25) is 0 Å². The van der Waals surface area contributed by atoms with Crippen molar-refractivity contribution >= 4 is 105 Å². The maximum Gasteiger partial charge on any atom is 0.0660 e. The summed E-state index contributed by atoms with van der Waals surface area (Å²) in [5.74, 6) is 4.87. The highest BCUT2D eigenvalue weighted by atomic mass is 32.3. The van der Waals surface area contributed by atoms with Gasteiger partial charge in [-0.05, 0) is 11.1 Å². The predicted molar refractivity (Wildman–Crippen MR) is 161 cm³/mol. The predicted octanol–water partition coefficient (Wildman–Crippen LogP) is 9.90. The largest absolute Gasteiger partial charge is 0.116 e. The first kappa shape index (κ1) is 22.7. The van der Waals surface area contributed by atoms with E-state index < -0.39 is 0 Å². The van der Waals surface area contributed by atoms with Crippen LogP contribution in [-0.2, 0) is 0 Å². The fourth-order valence-corrected chi connectivity index (χ4v) is 15.7. The normalized spacial score (nSPS) is 20.5. The molecule has 0 atom stereocenters. The molecule has 0 N–H and O–H groups in total. The lowest BCUT2D eigenvalue weighted by Gasteiger charge is -2.18. The topological polar surface area (TPSA) is 0 Å².